The molecule has 2 atom stereocenters. The second kappa shape index (κ2) is 6.72. The van der Waals surface area contributed by atoms with Crippen molar-refractivity contribution in [2.24, 2.45) is 5.41 Å². The van der Waals surface area contributed by atoms with Crippen LogP contribution in [0.25, 0.3) is 0 Å². The van der Waals surface area contributed by atoms with E-state index in [1.807, 2.05) is 0 Å². The zero-order valence-corrected chi connectivity index (χ0v) is 11.9. The normalized spacial score (nSPS) is 23.3. The molecule has 0 saturated carbocycles. The van der Waals surface area contributed by atoms with Crippen LogP contribution in [0.5, 0.6) is 0 Å². The summed E-state index contributed by atoms with van der Waals surface area (Å²) in [6, 6.07) is 0. The maximum Gasteiger partial charge on any atom is 0.0702 e. The molecule has 1 rings (SSSR count). The van der Waals surface area contributed by atoms with E-state index in [9.17, 15) is 5.11 Å². The molecule has 0 aliphatic carbocycles. The molecule has 0 radical (unpaired) electrons. The molecule has 3 nitrogen and oxygen atoms in total. The standard InChI is InChI=1S/C14H29NO2/c1-5-15(11-12-7-6-10-17-12)9-8-13(16)14(2,3)4/h12-13,16H,5-11H2,1-4H3. The molecule has 0 aromatic carbocycles. The lowest BCUT2D eigenvalue weighted by Crippen LogP contribution is -2.36. The second-order valence-corrected chi connectivity index (χ2v) is 6.20. The highest BCUT2D eigenvalue weighted by atomic mass is 16.5. The highest BCUT2D eigenvalue weighted by Crippen LogP contribution is 2.22. The molecule has 0 spiro atoms. The Kier molecular flexibility index (Phi) is 5.90. The topological polar surface area (TPSA) is 32.7 Å². The molecule has 0 bridgehead atoms. The van der Waals surface area contributed by atoms with Crippen molar-refractivity contribution in [1.29, 1.82) is 0 Å². The average molecular weight is 243 g/mol. The summed E-state index contributed by atoms with van der Waals surface area (Å²) in [6.07, 6.45) is 3.44. The van der Waals surface area contributed by atoms with Crippen LogP contribution in [0.3, 0.4) is 0 Å². The molecule has 3 heteroatoms. The van der Waals surface area contributed by atoms with Gasteiger partial charge in [-0.1, -0.05) is 27.7 Å². The molecular weight excluding hydrogens is 214 g/mol. The molecule has 17 heavy (non-hydrogen) atoms. The molecule has 1 N–H and O–H groups in total. The minimum absolute atomic E-state index is 0.0106. The van der Waals surface area contributed by atoms with E-state index >= 15 is 0 Å². The molecule has 0 aromatic rings. The summed E-state index contributed by atoms with van der Waals surface area (Å²) in [4.78, 5) is 2.39. The zero-order chi connectivity index (χ0) is 12.9. The van der Waals surface area contributed by atoms with Gasteiger partial charge in [-0.2, -0.15) is 0 Å². The van der Waals surface area contributed by atoms with Crippen LogP contribution in [0.1, 0.15) is 47.0 Å². The van der Waals surface area contributed by atoms with Crippen molar-refractivity contribution in [3.8, 4) is 0 Å². The summed E-state index contributed by atoms with van der Waals surface area (Å²) >= 11 is 0. The number of rotatable bonds is 6. The van der Waals surface area contributed by atoms with Crippen LogP contribution in [0, 0.1) is 5.41 Å². The SMILES string of the molecule is CCN(CCC(O)C(C)(C)C)CC1CCCO1. The Labute approximate surface area is 106 Å². The number of ether oxygens (including phenoxy) is 1. The molecule has 0 aromatic heterocycles. The van der Waals surface area contributed by atoms with Gasteiger partial charge in [-0.25, -0.2) is 0 Å². The summed E-state index contributed by atoms with van der Waals surface area (Å²) in [5.74, 6) is 0. The van der Waals surface area contributed by atoms with Gasteiger partial charge in [0.2, 0.25) is 0 Å². The Bertz CT molecular complexity index is 207. The number of hydrogen-bond donors (Lipinski definition) is 1. The van der Waals surface area contributed by atoms with Crippen LogP contribution >= 0.6 is 0 Å². The monoisotopic (exact) mass is 243 g/mol. The Balaban J connectivity index is 2.26. The average Bonchev–Trinajstić information content (AvgIpc) is 2.74. The Morgan fingerprint density at radius 1 is 1.41 bits per heavy atom. The van der Waals surface area contributed by atoms with E-state index < -0.39 is 0 Å². The summed E-state index contributed by atoms with van der Waals surface area (Å²) in [6.45, 7) is 12.4. The fraction of sp³-hybridized carbons (Fsp3) is 1.00. The Morgan fingerprint density at radius 3 is 2.59 bits per heavy atom. The van der Waals surface area contributed by atoms with Crippen molar-refractivity contribution in [2.45, 2.75) is 59.2 Å². The first-order chi connectivity index (χ1) is 7.93. The van der Waals surface area contributed by atoms with Crippen molar-refractivity contribution in [1.82, 2.24) is 4.90 Å². The summed E-state index contributed by atoms with van der Waals surface area (Å²) in [5.41, 5.74) is -0.0106. The first kappa shape index (κ1) is 14.9. The number of likely N-dealkylation sites (N-methyl/N-ethyl adjacent to an activating group) is 1. The smallest absolute Gasteiger partial charge is 0.0702 e. The third-order valence-electron chi connectivity index (χ3n) is 3.65. The van der Waals surface area contributed by atoms with Gasteiger partial charge in [0.05, 0.1) is 12.2 Å². The first-order valence-corrected chi connectivity index (χ1v) is 6.95. The van der Waals surface area contributed by atoms with Gasteiger partial charge in [0.15, 0.2) is 0 Å². The fourth-order valence-corrected chi connectivity index (χ4v) is 2.19. The summed E-state index contributed by atoms with van der Waals surface area (Å²) < 4.78 is 5.66. The maximum absolute atomic E-state index is 10.0. The molecule has 0 amide bonds. The lowest BCUT2D eigenvalue weighted by molar-refractivity contribution is 0.0345. The zero-order valence-electron chi connectivity index (χ0n) is 11.9. The predicted molar refractivity (Wildman–Crippen MR) is 71.2 cm³/mol. The molecule has 1 aliphatic heterocycles. The van der Waals surface area contributed by atoms with Crippen LogP contribution < -0.4 is 0 Å². The van der Waals surface area contributed by atoms with E-state index in [4.69, 9.17) is 4.74 Å². The molecule has 1 aliphatic rings. The number of nitrogens with zero attached hydrogens (tertiary/aromatic N) is 1. The van der Waals surface area contributed by atoms with E-state index in [-0.39, 0.29) is 11.5 Å². The van der Waals surface area contributed by atoms with Crippen molar-refractivity contribution >= 4 is 0 Å². The number of aliphatic hydroxyl groups is 1. The van der Waals surface area contributed by atoms with Crippen molar-refractivity contribution in [2.75, 3.05) is 26.2 Å². The van der Waals surface area contributed by atoms with E-state index in [1.165, 1.54) is 12.8 Å². The summed E-state index contributed by atoms with van der Waals surface area (Å²) in [7, 11) is 0. The fourth-order valence-electron chi connectivity index (χ4n) is 2.19. The highest BCUT2D eigenvalue weighted by molar-refractivity contribution is 4.75. The molecular formula is C14H29NO2. The third-order valence-corrected chi connectivity index (χ3v) is 3.65. The molecule has 1 fully saturated rings. The van der Waals surface area contributed by atoms with Crippen LogP contribution in [0.2, 0.25) is 0 Å². The van der Waals surface area contributed by atoms with Gasteiger partial charge in [0.25, 0.3) is 0 Å². The van der Waals surface area contributed by atoms with Crippen LogP contribution in [0.15, 0.2) is 0 Å². The Morgan fingerprint density at radius 2 is 2.12 bits per heavy atom. The largest absolute Gasteiger partial charge is 0.393 e. The van der Waals surface area contributed by atoms with E-state index in [2.05, 4.69) is 32.6 Å². The number of aliphatic hydroxyl groups excluding tert-OH is 1. The van der Waals surface area contributed by atoms with Gasteiger partial charge in [-0.15, -0.1) is 0 Å². The van der Waals surface area contributed by atoms with Crippen molar-refractivity contribution in [3.05, 3.63) is 0 Å². The number of hydrogen-bond acceptors (Lipinski definition) is 3. The van der Waals surface area contributed by atoms with E-state index in [0.717, 1.165) is 32.7 Å². The minimum Gasteiger partial charge on any atom is -0.393 e. The minimum atomic E-state index is -0.221. The lowest BCUT2D eigenvalue weighted by atomic mass is 9.87. The first-order valence-electron chi connectivity index (χ1n) is 6.95. The van der Waals surface area contributed by atoms with Crippen LogP contribution in [-0.4, -0.2) is 48.5 Å². The van der Waals surface area contributed by atoms with Gasteiger partial charge in [-0.3, -0.25) is 0 Å². The predicted octanol–water partition coefficient (Wildman–Crippen LogP) is 2.28. The van der Waals surface area contributed by atoms with Gasteiger partial charge >= 0.3 is 0 Å². The van der Waals surface area contributed by atoms with Gasteiger partial charge in [0, 0.05) is 19.7 Å². The van der Waals surface area contributed by atoms with Crippen molar-refractivity contribution in [3.63, 3.8) is 0 Å². The van der Waals surface area contributed by atoms with E-state index in [1.54, 1.807) is 0 Å². The summed E-state index contributed by atoms with van der Waals surface area (Å²) in [5, 5.41) is 10.0. The van der Waals surface area contributed by atoms with Gasteiger partial charge in [0.1, 0.15) is 0 Å². The quantitative estimate of drug-likeness (QED) is 0.777. The molecule has 1 saturated heterocycles. The molecule has 1 heterocycles. The van der Waals surface area contributed by atoms with E-state index in [0.29, 0.717) is 6.10 Å². The van der Waals surface area contributed by atoms with Crippen LogP contribution in [0.4, 0.5) is 0 Å². The third kappa shape index (κ3) is 5.36. The Hall–Kier alpha value is -0.120. The van der Waals surface area contributed by atoms with Gasteiger partial charge in [-0.05, 0) is 31.2 Å². The van der Waals surface area contributed by atoms with Crippen molar-refractivity contribution < 1.29 is 9.84 Å². The molecule has 102 valence electrons. The highest BCUT2D eigenvalue weighted by Gasteiger charge is 2.23. The molecule has 2 unspecified atom stereocenters. The maximum atomic E-state index is 10.0. The lowest BCUT2D eigenvalue weighted by Gasteiger charge is -2.29. The second-order valence-electron chi connectivity index (χ2n) is 6.20. The van der Waals surface area contributed by atoms with Gasteiger partial charge < -0.3 is 14.7 Å². The van der Waals surface area contributed by atoms with Crippen LogP contribution in [-0.2, 0) is 4.74 Å².